The van der Waals surface area contributed by atoms with E-state index in [1.54, 1.807) is 11.3 Å². The highest BCUT2D eigenvalue weighted by molar-refractivity contribution is 7.99. The maximum atomic E-state index is 11.3. The highest BCUT2D eigenvalue weighted by Crippen LogP contribution is 2.39. The van der Waals surface area contributed by atoms with Crippen molar-refractivity contribution < 1.29 is 15.0 Å². The van der Waals surface area contributed by atoms with Crippen LogP contribution in [0.4, 0.5) is 5.69 Å². The van der Waals surface area contributed by atoms with E-state index in [9.17, 15) is 15.0 Å². The standard InChI is InChI=1S/C25H23NO3S2/c27-16-21-19-8-2-3-9-20(19)22(26-12-11-18-7-5-13-30-18)15-24(21)31-23-10-4-1-6-17(23)14-25(28)29/h1-10,13,15,26-27H,11-12,14,16H2,(H,28,29). The average molecular weight is 450 g/mol. The number of thiophene rings is 1. The molecular weight excluding hydrogens is 426 g/mol. The molecule has 158 valence electrons. The van der Waals surface area contributed by atoms with Gasteiger partial charge in [0.15, 0.2) is 0 Å². The fourth-order valence-corrected chi connectivity index (χ4v) is 5.45. The number of carboxylic acid groups (broad SMARTS) is 1. The molecule has 4 nitrogen and oxygen atoms in total. The quantitative estimate of drug-likeness (QED) is 0.300. The van der Waals surface area contributed by atoms with Crippen molar-refractivity contribution in [2.24, 2.45) is 0 Å². The molecule has 31 heavy (non-hydrogen) atoms. The minimum Gasteiger partial charge on any atom is -0.481 e. The predicted molar refractivity (Wildman–Crippen MR) is 128 cm³/mol. The number of fused-ring (bicyclic) bond motifs is 1. The van der Waals surface area contributed by atoms with E-state index < -0.39 is 5.97 Å². The zero-order valence-electron chi connectivity index (χ0n) is 16.9. The van der Waals surface area contributed by atoms with Crippen molar-refractivity contribution in [3.63, 3.8) is 0 Å². The van der Waals surface area contributed by atoms with Gasteiger partial charge in [0.05, 0.1) is 13.0 Å². The Kier molecular flexibility index (Phi) is 6.92. The second-order valence-electron chi connectivity index (χ2n) is 7.14. The van der Waals surface area contributed by atoms with Crippen molar-refractivity contribution in [3.8, 4) is 0 Å². The molecule has 0 saturated carbocycles. The van der Waals surface area contributed by atoms with Crippen LogP contribution in [0.3, 0.4) is 0 Å². The van der Waals surface area contributed by atoms with Gasteiger partial charge >= 0.3 is 5.97 Å². The summed E-state index contributed by atoms with van der Waals surface area (Å²) in [6.07, 6.45) is 0.912. The number of rotatable bonds is 9. The molecule has 0 unspecified atom stereocenters. The van der Waals surface area contributed by atoms with Gasteiger partial charge in [-0.2, -0.15) is 0 Å². The van der Waals surface area contributed by atoms with Gasteiger partial charge < -0.3 is 15.5 Å². The summed E-state index contributed by atoms with van der Waals surface area (Å²) in [5, 5.41) is 27.2. The number of aliphatic hydroxyl groups is 1. The fourth-order valence-electron chi connectivity index (χ4n) is 3.62. The second-order valence-corrected chi connectivity index (χ2v) is 9.26. The van der Waals surface area contributed by atoms with Gasteiger partial charge in [0.1, 0.15) is 0 Å². The molecule has 1 aromatic heterocycles. The summed E-state index contributed by atoms with van der Waals surface area (Å²) in [5.74, 6) is -0.857. The molecule has 1 heterocycles. The molecule has 4 aromatic rings. The van der Waals surface area contributed by atoms with Crippen molar-refractivity contribution in [2.75, 3.05) is 11.9 Å². The van der Waals surface area contributed by atoms with Crippen LogP contribution in [-0.4, -0.2) is 22.7 Å². The third-order valence-electron chi connectivity index (χ3n) is 5.07. The normalized spacial score (nSPS) is 11.0. The van der Waals surface area contributed by atoms with E-state index in [0.29, 0.717) is 0 Å². The fraction of sp³-hybridized carbons (Fsp3) is 0.160. The highest BCUT2D eigenvalue weighted by Gasteiger charge is 2.15. The van der Waals surface area contributed by atoms with E-state index in [2.05, 4.69) is 35.0 Å². The van der Waals surface area contributed by atoms with Gasteiger partial charge in [-0.25, -0.2) is 0 Å². The molecular formula is C25H23NO3S2. The van der Waals surface area contributed by atoms with Crippen LogP contribution in [0.25, 0.3) is 10.8 Å². The number of aliphatic hydroxyl groups excluding tert-OH is 1. The predicted octanol–water partition coefficient (Wildman–Crippen LogP) is 5.83. The van der Waals surface area contributed by atoms with E-state index in [0.717, 1.165) is 50.3 Å². The van der Waals surface area contributed by atoms with Crippen molar-refractivity contribution in [2.45, 2.75) is 29.2 Å². The van der Waals surface area contributed by atoms with Gasteiger partial charge in [0.25, 0.3) is 0 Å². The lowest BCUT2D eigenvalue weighted by Gasteiger charge is -2.17. The molecule has 0 radical (unpaired) electrons. The summed E-state index contributed by atoms with van der Waals surface area (Å²) >= 11 is 3.26. The zero-order valence-corrected chi connectivity index (χ0v) is 18.5. The smallest absolute Gasteiger partial charge is 0.307 e. The summed E-state index contributed by atoms with van der Waals surface area (Å²) in [4.78, 5) is 14.4. The molecule has 0 fully saturated rings. The van der Waals surface area contributed by atoms with Crippen LogP contribution in [0.15, 0.2) is 81.9 Å². The average Bonchev–Trinajstić information content (AvgIpc) is 3.28. The Hall–Kier alpha value is -2.80. The maximum Gasteiger partial charge on any atom is 0.307 e. The summed E-state index contributed by atoms with van der Waals surface area (Å²) in [6, 6.07) is 21.9. The van der Waals surface area contributed by atoms with E-state index in [4.69, 9.17) is 0 Å². The van der Waals surface area contributed by atoms with Gasteiger partial charge in [0, 0.05) is 32.3 Å². The van der Waals surface area contributed by atoms with Gasteiger partial charge in [-0.15, -0.1) is 11.3 Å². The number of benzene rings is 3. The molecule has 0 spiro atoms. The lowest BCUT2D eigenvalue weighted by molar-refractivity contribution is -0.136. The molecule has 4 rings (SSSR count). The number of hydrogen-bond donors (Lipinski definition) is 3. The second kappa shape index (κ2) is 10.0. The number of aliphatic carboxylic acids is 1. The Morgan fingerprint density at radius 3 is 2.48 bits per heavy atom. The minimum atomic E-state index is -0.857. The largest absolute Gasteiger partial charge is 0.481 e. The summed E-state index contributed by atoms with van der Waals surface area (Å²) in [7, 11) is 0. The first kappa shape index (κ1) is 21.4. The molecule has 0 saturated heterocycles. The number of anilines is 1. The Bertz CT molecular complexity index is 1190. The monoisotopic (exact) mass is 449 g/mol. The van der Waals surface area contributed by atoms with Gasteiger partial charge in [-0.3, -0.25) is 4.79 Å². The number of hydrogen-bond acceptors (Lipinski definition) is 5. The van der Waals surface area contributed by atoms with E-state index in [1.165, 1.54) is 16.6 Å². The molecule has 0 aliphatic carbocycles. The third kappa shape index (κ3) is 5.10. The minimum absolute atomic E-state index is 0.0306. The van der Waals surface area contributed by atoms with Crippen molar-refractivity contribution in [1.82, 2.24) is 0 Å². The van der Waals surface area contributed by atoms with Crippen LogP contribution in [0.5, 0.6) is 0 Å². The van der Waals surface area contributed by atoms with E-state index in [1.807, 2.05) is 42.5 Å². The van der Waals surface area contributed by atoms with Gasteiger partial charge in [0.2, 0.25) is 0 Å². The lowest BCUT2D eigenvalue weighted by Crippen LogP contribution is -2.06. The Morgan fingerprint density at radius 2 is 1.74 bits per heavy atom. The maximum absolute atomic E-state index is 11.3. The van der Waals surface area contributed by atoms with Crippen molar-refractivity contribution in [1.29, 1.82) is 0 Å². The molecule has 0 aliphatic rings. The molecule has 6 heteroatoms. The Balaban J connectivity index is 1.70. The molecule has 0 atom stereocenters. The zero-order chi connectivity index (χ0) is 21.6. The van der Waals surface area contributed by atoms with Crippen LogP contribution in [0.2, 0.25) is 0 Å². The Labute approximate surface area is 189 Å². The first-order chi connectivity index (χ1) is 15.2. The van der Waals surface area contributed by atoms with E-state index >= 15 is 0 Å². The number of carboxylic acids is 1. The molecule has 3 aromatic carbocycles. The summed E-state index contributed by atoms with van der Waals surface area (Å²) < 4.78 is 0. The number of carbonyl (C=O) groups is 1. The molecule has 0 bridgehead atoms. The van der Waals surface area contributed by atoms with Crippen LogP contribution in [0, 0.1) is 0 Å². The number of nitrogens with one attached hydrogen (secondary N) is 1. The van der Waals surface area contributed by atoms with Crippen LogP contribution in [0.1, 0.15) is 16.0 Å². The molecule has 3 N–H and O–H groups in total. The molecule has 0 amide bonds. The van der Waals surface area contributed by atoms with Gasteiger partial charge in [-0.05, 0) is 46.5 Å². The van der Waals surface area contributed by atoms with Crippen LogP contribution >= 0.6 is 23.1 Å². The first-order valence-electron chi connectivity index (χ1n) is 10.0. The molecule has 0 aliphatic heterocycles. The van der Waals surface area contributed by atoms with Crippen molar-refractivity contribution in [3.05, 3.63) is 88.1 Å². The summed E-state index contributed by atoms with van der Waals surface area (Å²) in [6.45, 7) is 0.724. The summed E-state index contributed by atoms with van der Waals surface area (Å²) in [5.41, 5.74) is 2.64. The van der Waals surface area contributed by atoms with E-state index in [-0.39, 0.29) is 13.0 Å². The first-order valence-corrected chi connectivity index (χ1v) is 11.7. The lowest BCUT2D eigenvalue weighted by atomic mass is 10.0. The van der Waals surface area contributed by atoms with Crippen molar-refractivity contribution >= 4 is 45.5 Å². The topological polar surface area (TPSA) is 69.6 Å². The Morgan fingerprint density at radius 1 is 0.968 bits per heavy atom. The van der Waals surface area contributed by atoms with Crippen LogP contribution < -0.4 is 5.32 Å². The SMILES string of the molecule is O=C(O)Cc1ccccc1Sc1cc(NCCc2cccs2)c2ccccc2c1CO. The highest BCUT2D eigenvalue weighted by atomic mass is 32.2. The van der Waals surface area contributed by atoms with Crippen LogP contribution in [-0.2, 0) is 24.2 Å². The third-order valence-corrected chi connectivity index (χ3v) is 7.21. The van der Waals surface area contributed by atoms with Gasteiger partial charge in [-0.1, -0.05) is 60.3 Å².